The number of hydrogen-bond acceptors (Lipinski definition) is 3. The van der Waals surface area contributed by atoms with Crippen molar-refractivity contribution in [1.29, 1.82) is 0 Å². The predicted molar refractivity (Wildman–Crippen MR) is 62.5 cm³/mol. The standard InChI is InChI=1S/C12H16O3S/c1-10-2-4-12(5-3-10)16(13)15-9-11-6-7-14-8-11/h2-5,11H,6-9H2,1H3/t11-,16?/m1/s1. The van der Waals surface area contributed by atoms with Crippen LogP contribution in [0.2, 0.25) is 0 Å². The third-order valence-electron chi connectivity index (χ3n) is 2.65. The van der Waals surface area contributed by atoms with E-state index in [1.807, 2.05) is 31.2 Å². The van der Waals surface area contributed by atoms with E-state index in [1.54, 1.807) is 0 Å². The van der Waals surface area contributed by atoms with Gasteiger partial charge in [0.15, 0.2) is 11.1 Å². The molecule has 2 rings (SSSR count). The van der Waals surface area contributed by atoms with Gasteiger partial charge in [-0.3, -0.25) is 4.18 Å². The maximum absolute atomic E-state index is 11.8. The zero-order valence-electron chi connectivity index (χ0n) is 9.35. The van der Waals surface area contributed by atoms with Crippen molar-refractivity contribution in [2.45, 2.75) is 18.2 Å². The minimum Gasteiger partial charge on any atom is -0.381 e. The molecule has 1 saturated heterocycles. The van der Waals surface area contributed by atoms with E-state index in [1.165, 1.54) is 0 Å². The molecule has 0 spiro atoms. The zero-order valence-corrected chi connectivity index (χ0v) is 10.2. The topological polar surface area (TPSA) is 35.5 Å². The SMILES string of the molecule is Cc1ccc(S(=O)OC[C@@H]2CCOC2)cc1. The van der Waals surface area contributed by atoms with Gasteiger partial charge in [0.25, 0.3) is 0 Å². The monoisotopic (exact) mass is 240 g/mol. The Balaban J connectivity index is 1.85. The average Bonchev–Trinajstić information content (AvgIpc) is 2.80. The van der Waals surface area contributed by atoms with Crippen molar-refractivity contribution in [2.24, 2.45) is 5.92 Å². The van der Waals surface area contributed by atoms with Crippen molar-refractivity contribution in [3.05, 3.63) is 29.8 Å². The van der Waals surface area contributed by atoms with E-state index >= 15 is 0 Å². The molecular formula is C12H16O3S. The molecule has 1 aromatic carbocycles. The number of ether oxygens (including phenoxy) is 1. The van der Waals surface area contributed by atoms with Crippen LogP contribution in [0.25, 0.3) is 0 Å². The van der Waals surface area contributed by atoms with Crippen LogP contribution in [0.5, 0.6) is 0 Å². The summed E-state index contributed by atoms with van der Waals surface area (Å²) in [6, 6.07) is 7.57. The Bertz CT molecular complexity index is 355. The van der Waals surface area contributed by atoms with Crippen molar-refractivity contribution in [1.82, 2.24) is 0 Å². The van der Waals surface area contributed by atoms with E-state index in [0.717, 1.165) is 30.1 Å². The first-order valence-electron chi connectivity index (χ1n) is 5.45. The van der Waals surface area contributed by atoms with E-state index in [4.69, 9.17) is 8.92 Å². The van der Waals surface area contributed by atoms with Gasteiger partial charge in [-0.25, -0.2) is 4.21 Å². The lowest BCUT2D eigenvalue weighted by Crippen LogP contribution is -2.10. The molecule has 2 atom stereocenters. The maximum Gasteiger partial charge on any atom is 0.189 e. The van der Waals surface area contributed by atoms with E-state index < -0.39 is 11.1 Å². The molecule has 16 heavy (non-hydrogen) atoms. The first kappa shape index (κ1) is 11.8. The molecule has 1 fully saturated rings. The van der Waals surface area contributed by atoms with Crippen molar-refractivity contribution in [3.63, 3.8) is 0 Å². The van der Waals surface area contributed by atoms with Gasteiger partial charge in [-0.1, -0.05) is 17.7 Å². The first-order chi connectivity index (χ1) is 7.75. The molecule has 4 heteroatoms. The summed E-state index contributed by atoms with van der Waals surface area (Å²) in [5, 5.41) is 0. The van der Waals surface area contributed by atoms with Crippen molar-refractivity contribution < 1.29 is 13.1 Å². The minimum atomic E-state index is -1.34. The highest BCUT2D eigenvalue weighted by molar-refractivity contribution is 7.80. The van der Waals surface area contributed by atoms with Crippen LogP contribution in [0.3, 0.4) is 0 Å². The van der Waals surface area contributed by atoms with Crippen LogP contribution in [0.15, 0.2) is 29.2 Å². The third-order valence-corrected chi connectivity index (χ3v) is 3.66. The minimum absolute atomic E-state index is 0.398. The molecule has 1 aliphatic rings. The second-order valence-electron chi connectivity index (χ2n) is 4.06. The Morgan fingerprint density at radius 1 is 1.44 bits per heavy atom. The van der Waals surface area contributed by atoms with Crippen molar-refractivity contribution in [2.75, 3.05) is 19.8 Å². The fraction of sp³-hybridized carbons (Fsp3) is 0.500. The molecule has 0 saturated carbocycles. The van der Waals surface area contributed by atoms with Crippen LogP contribution in [0.4, 0.5) is 0 Å². The third kappa shape index (κ3) is 3.14. The summed E-state index contributed by atoms with van der Waals surface area (Å²) < 4.78 is 22.3. The summed E-state index contributed by atoms with van der Waals surface area (Å²) in [5.74, 6) is 0.398. The normalized spacial score (nSPS) is 22.2. The second kappa shape index (κ2) is 5.57. The van der Waals surface area contributed by atoms with Gasteiger partial charge in [0.2, 0.25) is 0 Å². The van der Waals surface area contributed by atoms with Crippen LogP contribution < -0.4 is 0 Å². The Morgan fingerprint density at radius 2 is 2.19 bits per heavy atom. The van der Waals surface area contributed by atoms with Crippen LogP contribution in [0.1, 0.15) is 12.0 Å². The Labute approximate surface area is 98.4 Å². The summed E-state index contributed by atoms with van der Waals surface area (Å²) >= 11 is -1.34. The lowest BCUT2D eigenvalue weighted by Gasteiger charge is -2.07. The zero-order chi connectivity index (χ0) is 11.4. The van der Waals surface area contributed by atoms with Crippen LogP contribution in [-0.2, 0) is 20.0 Å². The fourth-order valence-electron chi connectivity index (χ4n) is 1.59. The Morgan fingerprint density at radius 3 is 2.81 bits per heavy atom. The van der Waals surface area contributed by atoms with Gasteiger partial charge in [-0.05, 0) is 25.5 Å². The van der Waals surface area contributed by atoms with E-state index in [2.05, 4.69) is 0 Å². The van der Waals surface area contributed by atoms with E-state index in [-0.39, 0.29) is 0 Å². The quantitative estimate of drug-likeness (QED) is 0.808. The maximum atomic E-state index is 11.8. The van der Waals surface area contributed by atoms with Crippen LogP contribution in [0, 0.1) is 12.8 Å². The van der Waals surface area contributed by atoms with Gasteiger partial charge < -0.3 is 4.74 Å². The largest absolute Gasteiger partial charge is 0.381 e. The molecule has 0 aliphatic carbocycles. The molecule has 88 valence electrons. The molecule has 0 aromatic heterocycles. The molecule has 3 nitrogen and oxygen atoms in total. The number of rotatable bonds is 4. The van der Waals surface area contributed by atoms with E-state index in [0.29, 0.717) is 12.5 Å². The Kier molecular flexibility index (Phi) is 4.09. The van der Waals surface area contributed by atoms with Gasteiger partial charge in [0.05, 0.1) is 18.1 Å². The van der Waals surface area contributed by atoms with Crippen molar-refractivity contribution in [3.8, 4) is 0 Å². The lowest BCUT2D eigenvalue weighted by molar-refractivity contribution is 0.171. The molecule has 1 aromatic rings. The van der Waals surface area contributed by atoms with Gasteiger partial charge in [-0.15, -0.1) is 0 Å². The molecule has 0 N–H and O–H groups in total. The van der Waals surface area contributed by atoms with Gasteiger partial charge in [-0.2, -0.15) is 0 Å². The van der Waals surface area contributed by atoms with Crippen LogP contribution >= 0.6 is 0 Å². The fourth-order valence-corrected chi connectivity index (χ4v) is 2.40. The van der Waals surface area contributed by atoms with Crippen LogP contribution in [-0.4, -0.2) is 24.0 Å². The summed E-state index contributed by atoms with van der Waals surface area (Å²) in [5.41, 5.74) is 1.16. The highest BCUT2D eigenvalue weighted by atomic mass is 32.2. The second-order valence-corrected chi connectivity index (χ2v) is 5.24. The van der Waals surface area contributed by atoms with Crippen molar-refractivity contribution >= 4 is 11.1 Å². The van der Waals surface area contributed by atoms with Gasteiger partial charge in [0.1, 0.15) is 0 Å². The highest BCUT2D eigenvalue weighted by Gasteiger charge is 2.17. The smallest absolute Gasteiger partial charge is 0.189 e. The predicted octanol–water partition coefficient (Wildman–Crippen LogP) is 2.07. The first-order valence-corrected chi connectivity index (χ1v) is 6.52. The van der Waals surface area contributed by atoms with Gasteiger partial charge in [0, 0.05) is 12.5 Å². The molecule has 1 heterocycles. The molecular weight excluding hydrogens is 224 g/mol. The Hall–Kier alpha value is -0.710. The molecule has 1 unspecified atom stereocenters. The number of aryl methyl sites for hydroxylation is 1. The lowest BCUT2D eigenvalue weighted by atomic mass is 10.1. The molecule has 0 bridgehead atoms. The summed E-state index contributed by atoms with van der Waals surface area (Å²) in [7, 11) is 0. The van der Waals surface area contributed by atoms with E-state index in [9.17, 15) is 4.21 Å². The molecule has 0 radical (unpaired) electrons. The number of benzene rings is 1. The van der Waals surface area contributed by atoms with Gasteiger partial charge >= 0.3 is 0 Å². The molecule has 1 aliphatic heterocycles. The average molecular weight is 240 g/mol. The molecule has 0 amide bonds. The summed E-state index contributed by atoms with van der Waals surface area (Å²) in [6.07, 6.45) is 1.01. The number of hydrogen-bond donors (Lipinski definition) is 0. The highest BCUT2D eigenvalue weighted by Crippen LogP contribution is 2.15. The summed E-state index contributed by atoms with van der Waals surface area (Å²) in [6.45, 7) is 4.04. The summed E-state index contributed by atoms with van der Waals surface area (Å²) in [4.78, 5) is 0.726.